The van der Waals surface area contributed by atoms with E-state index in [-0.39, 0.29) is 35.3 Å². The highest BCUT2D eigenvalue weighted by Crippen LogP contribution is 2.21. The number of amides is 1. The van der Waals surface area contributed by atoms with Gasteiger partial charge in [-0.25, -0.2) is 9.78 Å². The van der Waals surface area contributed by atoms with Gasteiger partial charge in [0.1, 0.15) is 17.6 Å². The van der Waals surface area contributed by atoms with Gasteiger partial charge in [-0.1, -0.05) is 11.8 Å². The number of carbonyl (C=O) groups excluding carboxylic acids is 5. The molecule has 0 aromatic carbocycles. The maximum atomic E-state index is 12.7. The van der Waals surface area contributed by atoms with E-state index in [0.29, 0.717) is 25.0 Å². The third-order valence-electron chi connectivity index (χ3n) is 4.07. The Hall–Kier alpha value is -2.49. The van der Waals surface area contributed by atoms with Gasteiger partial charge in [-0.05, 0) is 13.3 Å². The maximum Gasteiger partial charge on any atom is 0.329 e. The zero-order valence-electron chi connectivity index (χ0n) is 16.9. The molecule has 0 fully saturated rings. The molecule has 9 nitrogen and oxygen atoms in total. The van der Waals surface area contributed by atoms with Gasteiger partial charge in [0.05, 0.1) is 13.4 Å². The van der Waals surface area contributed by atoms with Crippen molar-refractivity contribution in [2.75, 3.05) is 12.9 Å². The first kappa shape index (κ1) is 24.5. The summed E-state index contributed by atoms with van der Waals surface area (Å²) in [6.07, 6.45) is 4.42. The summed E-state index contributed by atoms with van der Waals surface area (Å²) < 4.78 is 4.65. The van der Waals surface area contributed by atoms with Gasteiger partial charge < -0.3 is 19.8 Å². The molecule has 0 aliphatic heterocycles. The van der Waals surface area contributed by atoms with Gasteiger partial charge in [-0.2, -0.15) is 0 Å². The first-order valence-corrected chi connectivity index (χ1v) is 10.2. The van der Waals surface area contributed by atoms with Crippen molar-refractivity contribution >= 4 is 40.3 Å². The molecule has 0 spiro atoms. The Balaban J connectivity index is 2.73. The highest BCUT2D eigenvalue weighted by Gasteiger charge is 2.27. The number of imidazole rings is 1. The second kappa shape index (κ2) is 12.9. The van der Waals surface area contributed by atoms with Crippen molar-refractivity contribution in [2.24, 2.45) is 5.92 Å². The molecule has 1 aromatic heterocycles. The van der Waals surface area contributed by atoms with E-state index in [1.165, 1.54) is 27.3 Å². The van der Waals surface area contributed by atoms with Gasteiger partial charge in [-0.15, -0.1) is 0 Å². The molecular weight excluding hydrogens is 398 g/mol. The average molecular weight is 426 g/mol. The molecule has 1 heterocycles. The molecule has 160 valence electrons. The summed E-state index contributed by atoms with van der Waals surface area (Å²) in [5, 5.41) is 2.18. The summed E-state index contributed by atoms with van der Waals surface area (Å²) in [6, 6.07) is -0.953. The topological polar surface area (TPSA) is 135 Å². The number of nitrogens with one attached hydrogen (secondary N) is 2. The van der Waals surface area contributed by atoms with E-state index in [9.17, 15) is 24.0 Å². The molecule has 0 saturated heterocycles. The second-order valence-electron chi connectivity index (χ2n) is 6.68. The molecule has 1 amide bonds. The summed E-state index contributed by atoms with van der Waals surface area (Å²) in [7, 11) is 1.20. The minimum Gasteiger partial charge on any atom is -0.467 e. The SMILES string of the molecule is COC(=O)C(CSC(=O)[C@@H](CC(=O)CCCC(C)=O)Cc1cnc[nH]1)NC(C)=O. The summed E-state index contributed by atoms with van der Waals surface area (Å²) in [4.78, 5) is 65.9. The van der Waals surface area contributed by atoms with E-state index in [1.54, 1.807) is 6.20 Å². The lowest BCUT2D eigenvalue weighted by atomic mass is 9.96. The summed E-state index contributed by atoms with van der Waals surface area (Å²) in [5.41, 5.74) is 0.715. The quantitative estimate of drug-likeness (QED) is 0.450. The van der Waals surface area contributed by atoms with Crippen LogP contribution < -0.4 is 5.32 Å². The van der Waals surface area contributed by atoms with Crippen molar-refractivity contribution in [3.63, 3.8) is 0 Å². The smallest absolute Gasteiger partial charge is 0.329 e. The molecule has 10 heteroatoms. The van der Waals surface area contributed by atoms with Crippen LogP contribution >= 0.6 is 11.8 Å². The Morgan fingerprint density at radius 3 is 2.48 bits per heavy atom. The van der Waals surface area contributed by atoms with E-state index < -0.39 is 23.8 Å². The van der Waals surface area contributed by atoms with Crippen LogP contribution in [0.15, 0.2) is 12.5 Å². The van der Waals surface area contributed by atoms with E-state index in [0.717, 1.165) is 11.8 Å². The number of ketones is 2. The Labute approximate surface area is 173 Å². The van der Waals surface area contributed by atoms with Crippen LogP contribution in [0.4, 0.5) is 0 Å². The molecule has 2 atom stereocenters. The molecule has 0 aliphatic carbocycles. The highest BCUT2D eigenvalue weighted by atomic mass is 32.2. The summed E-state index contributed by atoms with van der Waals surface area (Å²) in [5.74, 6) is -1.75. The number of aromatic amines is 1. The van der Waals surface area contributed by atoms with Crippen molar-refractivity contribution < 1.29 is 28.7 Å². The lowest BCUT2D eigenvalue weighted by Gasteiger charge is -2.17. The zero-order valence-corrected chi connectivity index (χ0v) is 17.7. The van der Waals surface area contributed by atoms with E-state index in [2.05, 4.69) is 20.0 Å². The molecule has 0 saturated carbocycles. The number of esters is 1. The van der Waals surface area contributed by atoms with Crippen LogP contribution in [0.5, 0.6) is 0 Å². The molecule has 2 N–H and O–H groups in total. The number of ether oxygens (including phenoxy) is 1. The molecule has 1 rings (SSSR count). The van der Waals surface area contributed by atoms with Crippen LogP contribution in [0.1, 0.15) is 45.2 Å². The predicted molar refractivity (Wildman–Crippen MR) is 107 cm³/mol. The number of rotatable bonds is 13. The minimum atomic E-state index is -0.953. The van der Waals surface area contributed by atoms with Crippen molar-refractivity contribution in [1.82, 2.24) is 15.3 Å². The Morgan fingerprint density at radius 2 is 1.93 bits per heavy atom. The number of hydrogen-bond donors (Lipinski definition) is 2. The lowest BCUT2D eigenvalue weighted by Crippen LogP contribution is -2.42. The zero-order chi connectivity index (χ0) is 21.8. The fourth-order valence-corrected chi connectivity index (χ4v) is 3.60. The number of carbonyl (C=O) groups is 5. The molecule has 1 unspecified atom stereocenters. The fourth-order valence-electron chi connectivity index (χ4n) is 2.65. The molecule has 0 radical (unpaired) electrons. The summed E-state index contributed by atoms with van der Waals surface area (Å²) in [6.45, 7) is 2.74. The number of aromatic nitrogens is 2. The van der Waals surface area contributed by atoms with E-state index >= 15 is 0 Å². The third kappa shape index (κ3) is 10.0. The molecule has 0 bridgehead atoms. The van der Waals surface area contributed by atoms with Crippen LogP contribution in [0.3, 0.4) is 0 Å². The Morgan fingerprint density at radius 1 is 1.21 bits per heavy atom. The first-order chi connectivity index (χ1) is 13.7. The highest BCUT2D eigenvalue weighted by molar-refractivity contribution is 8.13. The standard InChI is InChI=1S/C19H27N3O6S/c1-12(23)5-4-6-16(25)8-14(7-15-9-20-11-21-15)19(27)29-10-17(18(26)28-3)22-13(2)24/h9,11,14,17H,4-8,10H2,1-3H3,(H,20,21)(H,22,24)/t14-,17?/m1/s1. The van der Waals surface area contributed by atoms with Crippen LogP contribution in [0, 0.1) is 5.92 Å². The minimum absolute atomic E-state index is 0.00307. The average Bonchev–Trinajstić information content (AvgIpc) is 3.16. The molecule has 0 aliphatic rings. The number of hydrogen-bond acceptors (Lipinski definition) is 8. The monoisotopic (exact) mass is 425 g/mol. The number of methoxy groups -OCH3 is 1. The van der Waals surface area contributed by atoms with Gasteiger partial charge in [0.2, 0.25) is 5.91 Å². The van der Waals surface area contributed by atoms with Crippen LogP contribution in [0.2, 0.25) is 0 Å². The third-order valence-corrected chi connectivity index (χ3v) is 5.19. The summed E-state index contributed by atoms with van der Waals surface area (Å²) >= 11 is 0.876. The normalized spacial score (nSPS) is 12.7. The Bertz CT molecular complexity index is 720. The maximum absolute atomic E-state index is 12.7. The molecular formula is C19H27N3O6S. The first-order valence-electron chi connectivity index (χ1n) is 9.22. The van der Waals surface area contributed by atoms with Crippen LogP contribution in [-0.2, 0) is 35.1 Å². The van der Waals surface area contributed by atoms with E-state index in [1.807, 2.05) is 0 Å². The fraction of sp³-hybridized carbons (Fsp3) is 0.579. The largest absolute Gasteiger partial charge is 0.467 e. The number of thioether (sulfide) groups is 1. The van der Waals surface area contributed by atoms with Crippen molar-refractivity contribution in [3.05, 3.63) is 18.2 Å². The number of nitrogens with zero attached hydrogens (tertiary/aromatic N) is 1. The number of Topliss-reactive ketones (excluding diaryl/α,β-unsaturated/α-hetero) is 2. The van der Waals surface area contributed by atoms with Crippen molar-refractivity contribution in [3.8, 4) is 0 Å². The van der Waals surface area contributed by atoms with E-state index in [4.69, 9.17) is 0 Å². The van der Waals surface area contributed by atoms with Gasteiger partial charge in [0, 0.05) is 56.2 Å². The van der Waals surface area contributed by atoms with Gasteiger partial charge in [-0.3, -0.25) is 14.4 Å². The van der Waals surface area contributed by atoms with Crippen LogP contribution in [-0.4, -0.2) is 57.4 Å². The van der Waals surface area contributed by atoms with Gasteiger partial charge in [0.25, 0.3) is 0 Å². The lowest BCUT2D eigenvalue weighted by molar-refractivity contribution is -0.144. The number of H-pyrrole nitrogens is 1. The van der Waals surface area contributed by atoms with Gasteiger partial charge in [0.15, 0.2) is 5.12 Å². The van der Waals surface area contributed by atoms with Crippen molar-refractivity contribution in [2.45, 2.75) is 52.0 Å². The second-order valence-corrected chi connectivity index (χ2v) is 7.71. The van der Waals surface area contributed by atoms with Crippen LogP contribution in [0.25, 0.3) is 0 Å². The molecule has 1 aromatic rings. The molecule has 29 heavy (non-hydrogen) atoms. The van der Waals surface area contributed by atoms with Gasteiger partial charge >= 0.3 is 5.97 Å². The predicted octanol–water partition coefficient (Wildman–Crippen LogP) is 1.22. The van der Waals surface area contributed by atoms with Crippen molar-refractivity contribution in [1.29, 1.82) is 0 Å². The Kier molecular flexibility index (Phi) is 10.9.